The van der Waals surface area contributed by atoms with E-state index in [1.54, 1.807) is 0 Å². The van der Waals surface area contributed by atoms with Crippen molar-refractivity contribution in [2.75, 3.05) is 6.61 Å². The molecule has 20 heavy (non-hydrogen) atoms. The van der Waals surface area contributed by atoms with Crippen LogP contribution in [0.3, 0.4) is 0 Å². The number of rotatable bonds is 9. The lowest BCUT2D eigenvalue weighted by atomic mass is 9.92. The van der Waals surface area contributed by atoms with E-state index >= 15 is 0 Å². The van der Waals surface area contributed by atoms with E-state index < -0.39 is 0 Å². The fourth-order valence-electron chi connectivity index (χ4n) is 2.11. The molecule has 0 aliphatic carbocycles. The molecular weight excluding hydrogens is 244 g/mol. The van der Waals surface area contributed by atoms with E-state index in [-0.39, 0.29) is 0 Å². The highest BCUT2D eigenvalue weighted by Gasteiger charge is 2.06. The van der Waals surface area contributed by atoms with E-state index in [0.29, 0.717) is 11.8 Å². The Labute approximate surface area is 125 Å². The fourth-order valence-corrected chi connectivity index (χ4v) is 2.11. The van der Waals surface area contributed by atoms with Crippen molar-refractivity contribution in [2.45, 2.75) is 47.1 Å². The Balaban J connectivity index is 2.17. The van der Waals surface area contributed by atoms with Crippen LogP contribution in [0.4, 0.5) is 0 Å². The molecule has 0 heterocycles. The summed E-state index contributed by atoms with van der Waals surface area (Å²) >= 11 is 0. The van der Waals surface area contributed by atoms with Crippen molar-refractivity contribution >= 4 is 0 Å². The number of ether oxygens (including phenoxy) is 1. The second-order valence-electron chi connectivity index (χ2n) is 6.01. The van der Waals surface area contributed by atoms with Crippen LogP contribution in [0.2, 0.25) is 0 Å². The van der Waals surface area contributed by atoms with Gasteiger partial charge in [-0.3, -0.25) is 0 Å². The molecule has 0 N–H and O–H groups in total. The molecule has 0 saturated heterocycles. The average molecular weight is 274 g/mol. The molecule has 1 aromatic carbocycles. The normalized spacial score (nSPS) is 16.2. The summed E-state index contributed by atoms with van der Waals surface area (Å²) in [6.07, 6.45) is 7.05. The molecule has 0 aliphatic rings. The second-order valence-corrected chi connectivity index (χ2v) is 6.01. The number of benzene rings is 1. The molecule has 1 heteroatoms. The zero-order valence-electron chi connectivity index (χ0n) is 13.5. The summed E-state index contributed by atoms with van der Waals surface area (Å²) < 4.78 is 5.77. The highest BCUT2D eigenvalue weighted by atomic mass is 16.5. The first-order valence-corrected chi connectivity index (χ1v) is 7.91. The molecule has 112 valence electrons. The summed E-state index contributed by atoms with van der Waals surface area (Å²) in [5.41, 5.74) is 1.25. The topological polar surface area (TPSA) is 9.23 Å². The Morgan fingerprint density at radius 3 is 2.45 bits per heavy atom. The molecule has 1 rings (SSSR count). The maximum Gasteiger partial charge on any atom is 0.0717 e. The van der Waals surface area contributed by atoms with Gasteiger partial charge in [-0.05, 0) is 29.7 Å². The SMILES string of the molecule is CC[C@H](C)[C@@H](C)/C=C/C[C@H](C)COCc1ccccc1. The molecule has 0 unspecified atom stereocenters. The number of hydrogen-bond acceptors (Lipinski definition) is 1. The van der Waals surface area contributed by atoms with Crippen LogP contribution in [-0.2, 0) is 11.3 Å². The van der Waals surface area contributed by atoms with Crippen molar-refractivity contribution in [1.82, 2.24) is 0 Å². The minimum atomic E-state index is 0.582. The van der Waals surface area contributed by atoms with Crippen LogP contribution in [0.1, 0.15) is 46.1 Å². The van der Waals surface area contributed by atoms with Gasteiger partial charge in [0.05, 0.1) is 6.61 Å². The molecule has 0 amide bonds. The van der Waals surface area contributed by atoms with Gasteiger partial charge >= 0.3 is 0 Å². The van der Waals surface area contributed by atoms with Gasteiger partial charge in [0, 0.05) is 6.61 Å². The molecule has 3 atom stereocenters. The maximum absolute atomic E-state index is 5.77. The smallest absolute Gasteiger partial charge is 0.0717 e. The monoisotopic (exact) mass is 274 g/mol. The molecule has 0 fully saturated rings. The molecule has 0 spiro atoms. The van der Waals surface area contributed by atoms with Crippen molar-refractivity contribution in [3.05, 3.63) is 48.0 Å². The zero-order valence-corrected chi connectivity index (χ0v) is 13.5. The predicted octanol–water partition coefficient (Wildman–Crippen LogP) is 5.47. The average Bonchev–Trinajstić information content (AvgIpc) is 2.47. The van der Waals surface area contributed by atoms with Crippen LogP contribution in [0.25, 0.3) is 0 Å². The van der Waals surface area contributed by atoms with Crippen LogP contribution in [0, 0.1) is 17.8 Å². The molecular formula is C19H30O. The minimum Gasteiger partial charge on any atom is -0.376 e. The first-order valence-electron chi connectivity index (χ1n) is 7.91. The van der Waals surface area contributed by atoms with Gasteiger partial charge in [0.15, 0.2) is 0 Å². The van der Waals surface area contributed by atoms with Gasteiger partial charge < -0.3 is 4.74 Å². The van der Waals surface area contributed by atoms with Crippen LogP contribution < -0.4 is 0 Å². The van der Waals surface area contributed by atoms with E-state index in [2.05, 4.69) is 64.1 Å². The largest absolute Gasteiger partial charge is 0.376 e. The first kappa shape index (κ1) is 17.0. The lowest BCUT2D eigenvalue weighted by Gasteiger charge is -2.14. The van der Waals surface area contributed by atoms with E-state index in [1.807, 2.05) is 6.07 Å². The van der Waals surface area contributed by atoms with E-state index in [0.717, 1.165) is 25.6 Å². The quantitative estimate of drug-likeness (QED) is 0.543. The molecule has 1 nitrogen and oxygen atoms in total. The molecule has 0 aromatic heterocycles. The summed E-state index contributed by atoms with van der Waals surface area (Å²) in [5.74, 6) is 2.03. The van der Waals surface area contributed by atoms with E-state index in [1.165, 1.54) is 12.0 Å². The Morgan fingerprint density at radius 2 is 1.80 bits per heavy atom. The highest BCUT2D eigenvalue weighted by molar-refractivity contribution is 5.13. The third-order valence-corrected chi connectivity index (χ3v) is 4.03. The zero-order chi connectivity index (χ0) is 14.8. The summed E-state index contributed by atoms with van der Waals surface area (Å²) in [6.45, 7) is 10.7. The van der Waals surface area contributed by atoms with Crippen LogP contribution in [0.15, 0.2) is 42.5 Å². The van der Waals surface area contributed by atoms with Crippen LogP contribution in [-0.4, -0.2) is 6.61 Å². The number of hydrogen-bond donors (Lipinski definition) is 0. The van der Waals surface area contributed by atoms with E-state index in [9.17, 15) is 0 Å². The Bertz CT molecular complexity index is 369. The molecule has 0 radical (unpaired) electrons. The second kappa shape index (κ2) is 9.77. The third-order valence-electron chi connectivity index (χ3n) is 4.03. The summed E-state index contributed by atoms with van der Waals surface area (Å²) in [4.78, 5) is 0. The maximum atomic E-state index is 5.77. The Hall–Kier alpha value is -1.08. The fraction of sp³-hybridized carbons (Fsp3) is 0.579. The summed E-state index contributed by atoms with van der Waals surface area (Å²) in [5, 5.41) is 0. The molecule has 0 saturated carbocycles. The number of allylic oxidation sites excluding steroid dienone is 2. The van der Waals surface area contributed by atoms with Crippen molar-refractivity contribution < 1.29 is 4.74 Å². The lowest BCUT2D eigenvalue weighted by molar-refractivity contribution is 0.0928. The standard InChI is InChI=1S/C19H30O/c1-5-17(3)18(4)11-9-10-16(2)14-20-15-19-12-7-6-8-13-19/h6-9,11-13,16-18H,5,10,14-15H2,1-4H3/b11-9+/t16-,17-,18-/m0/s1. The van der Waals surface area contributed by atoms with Crippen LogP contribution >= 0.6 is 0 Å². The van der Waals surface area contributed by atoms with Gasteiger partial charge in [0.2, 0.25) is 0 Å². The molecule has 0 bridgehead atoms. The van der Waals surface area contributed by atoms with Gasteiger partial charge in [0.1, 0.15) is 0 Å². The van der Waals surface area contributed by atoms with Crippen molar-refractivity contribution in [3.63, 3.8) is 0 Å². The third kappa shape index (κ3) is 6.91. The summed E-state index contributed by atoms with van der Waals surface area (Å²) in [6, 6.07) is 10.4. The molecule has 0 aliphatic heterocycles. The van der Waals surface area contributed by atoms with Gasteiger partial charge in [-0.1, -0.05) is 76.6 Å². The Kier molecular flexibility index (Phi) is 8.29. The Morgan fingerprint density at radius 1 is 1.10 bits per heavy atom. The highest BCUT2D eigenvalue weighted by Crippen LogP contribution is 2.16. The minimum absolute atomic E-state index is 0.582. The van der Waals surface area contributed by atoms with Gasteiger partial charge in [0.25, 0.3) is 0 Å². The van der Waals surface area contributed by atoms with Crippen molar-refractivity contribution in [1.29, 1.82) is 0 Å². The van der Waals surface area contributed by atoms with Crippen molar-refractivity contribution in [2.24, 2.45) is 17.8 Å². The lowest BCUT2D eigenvalue weighted by Crippen LogP contribution is -2.06. The summed E-state index contributed by atoms with van der Waals surface area (Å²) in [7, 11) is 0. The van der Waals surface area contributed by atoms with Crippen LogP contribution in [0.5, 0.6) is 0 Å². The van der Waals surface area contributed by atoms with E-state index in [4.69, 9.17) is 4.74 Å². The van der Waals surface area contributed by atoms with Gasteiger partial charge in [-0.25, -0.2) is 0 Å². The first-order chi connectivity index (χ1) is 9.63. The predicted molar refractivity (Wildman–Crippen MR) is 87.6 cm³/mol. The van der Waals surface area contributed by atoms with Gasteiger partial charge in [-0.2, -0.15) is 0 Å². The van der Waals surface area contributed by atoms with Crippen molar-refractivity contribution in [3.8, 4) is 0 Å². The molecule has 1 aromatic rings. The van der Waals surface area contributed by atoms with Gasteiger partial charge in [-0.15, -0.1) is 0 Å².